The molecule has 2 fully saturated rings. The number of benzene rings is 1. The van der Waals surface area contributed by atoms with Gasteiger partial charge in [-0.15, -0.1) is 0 Å². The smallest absolute Gasteiger partial charge is 0.264 e. The number of amides is 2. The zero-order chi connectivity index (χ0) is 27.1. The molecule has 3 aliphatic rings. The lowest BCUT2D eigenvalue weighted by atomic mass is 9.82. The second-order valence-electron chi connectivity index (χ2n) is 11.6. The van der Waals surface area contributed by atoms with E-state index in [1.807, 2.05) is 25.1 Å². The molecule has 0 aromatic heterocycles. The van der Waals surface area contributed by atoms with Crippen molar-refractivity contribution in [2.24, 2.45) is 5.92 Å². The molecule has 1 spiro atoms. The lowest BCUT2D eigenvalue weighted by Gasteiger charge is -2.33. The molecule has 3 heterocycles. The summed E-state index contributed by atoms with van der Waals surface area (Å²) in [5.74, 6) is -0.532. The first-order valence-corrected chi connectivity index (χ1v) is 16.4. The van der Waals surface area contributed by atoms with Crippen LogP contribution in [0.2, 0.25) is 18.6 Å². The maximum absolute atomic E-state index is 15.7. The van der Waals surface area contributed by atoms with Gasteiger partial charge in [0, 0.05) is 48.8 Å². The van der Waals surface area contributed by atoms with E-state index in [1.54, 1.807) is 22.9 Å². The minimum absolute atomic E-state index is 0.0545. The summed E-state index contributed by atoms with van der Waals surface area (Å²) in [6.45, 7) is 12.4. The van der Waals surface area contributed by atoms with Gasteiger partial charge in [-0.05, 0) is 71.3 Å². The highest BCUT2D eigenvalue weighted by Gasteiger charge is 2.66. The monoisotopic (exact) mass is 528 g/mol. The van der Waals surface area contributed by atoms with Crippen molar-refractivity contribution in [3.8, 4) is 0 Å². The number of β-lactam (4-membered cyclic amide) rings is 1. The van der Waals surface area contributed by atoms with Gasteiger partial charge in [-0.2, -0.15) is 0 Å². The van der Waals surface area contributed by atoms with Crippen LogP contribution in [0.15, 0.2) is 41.5 Å². The van der Waals surface area contributed by atoms with Gasteiger partial charge in [-0.25, -0.2) is 0 Å². The van der Waals surface area contributed by atoms with E-state index in [9.17, 15) is 14.7 Å². The molecule has 6 nitrogen and oxygen atoms in total. The number of hydrogen-bond acceptors (Lipinski definition) is 4. The van der Waals surface area contributed by atoms with Crippen LogP contribution in [-0.2, 0) is 19.9 Å². The predicted molar refractivity (Wildman–Crippen MR) is 148 cm³/mol. The largest absolute Gasteiger partial charge is 0.396 e. The van der Waals surface area contributed by atoms with Crippen molar-refractivity contribution >= 4 is 31.6 Å². The number of allylic oxidation sites excluding steroid dienone is 3. The molecule has 0 aliphatic carbocycles. The van der Waals surface area contributed by atoms with Crippen LogP contribution in [0, 0.1) is 5.92 Å². The lowest BCUT2D eigenvalue weighted by molar-refractivity contribution is -0.146. The molecule has 1 N–H and O–H groups in total. The van der Waals surface area contributed by atoms with Crippen LogP contribution in [0.25, 0.3) is 0 Å². The highest BCUT2D eigenvalue weighted by atomic mass is 28.4. The minimum atomic E-state index is -3.25. The van der Waals surface area contributed by atoms with E-state index >= 15 is 4.11 Å². The third-order valence-corrected chi connectivity index (χ3v) is 10.7. The van der Waals surface area contributed by atoms with Crippen molar-refractivity contribution in [3.63, 3.8) is 0 Å². The Balaban J connectivity index is 1.75. The highest BCUT2D eigenvalue weighted by Crippen LogP contribution is 2.60. The summed E-state index contributed by atoms with van der Waals surface area (Å²) in [6, 6.07) is 5.69. The molecule has 37 heavy (non-hydrogen) atoms. The second kappa shape index (κ2) is 10.5. The summed E-state index contributed by atoms with van der Waals surface area (Å²) < 4.78 is 22.3. The summed E-state index contributed by atoms with van der Waals surface area (Å²) in [5.41, 5.74) is 2.92. The molecule has 2 saturated heterocycles. The first-order valence-electron chi connectivity index (χ1n) is 13.4. The second-order valence-corrected chi connectivity index (χ2v) is 15.4. The number of nitrogens with zero attached hydrogens (tertiary/aromatic N) is 2. The van der Waals surface area contributed by atoms with Crippen LogP contribution in [-0.4, -0.2) is 51.1 Å². The van der Waals surface area contributed by atoms with Crippen LogP contribution in [0.3, 0.4) is 0 Å². The van der Waals surface area contributed by atoms with E-state index in [2.05, 4.69) is 32.9 Å². The number of aliphatic hydroxyl groups is 1. The number of fused-ring (bicyclic) bond motifs is 2. The predicted octanol–water partition coefficient (Wildman–Crippen LogP) is 5.62. The third-order valence-electron chi connectivity index (χ3n) is 8.23. The van der Waals surface area contributed by atoms with Gasteiger partial charge in [0.2, 0.25) is 14.3 Å². The molecular weight excluding hydrogens is 487 g/mol. The molecule has 3 aliphatic heterocycles. The summed E-state index contributed by atoms with van der Waals surface area (Å²) in [7, 11) is -3.25. The molecule has 2 amide bonds. The molecule has 0 unspecified atom stereocenters. The zero-order valence-corrected chi connectivity index (χ0v) is 24.0. The van der Waals surface area contributed by atoms with Crippen molar-refractivity contribution in [2.75, 3.05) is 29.5 Å². The first-order chi connectivity index (χ1) is 17.4. The van der Waals surface area contributed by atoms with Gasteiger partial charge >= 0.3 is 0 Å². The SMILES string of the molecule is CC(C)=CCC/C(C)=C/CN1C(=O)[C@@]2(O[C@@H](CCO)[C@H]([Si](C)(C)F)[C@H]2C)c2cc(N3CCC3=O)ccc21. The average molecular weight is 529 g/mol. The Hall–Kier alpha value is -2.29. The average Bonchev–Trinajstić information content (AvgIpc) is 3.23. The molecule has 0 saturated carbocycles. The van der Waals surface area contributed by atoms with Crippen molar-refractivity contribution in [2.45, 2.75) is 83.7 Å². The topological polar surface area (TPSA) is 70.1 Å². The third kappa shape index (κ3) is 4.95. The molecule has 1 aromatic rings. The van der Waals surface area contributed by atoms with E-state index in [-0.39, 0.29) is 24.8 Å². The number of rotatable bonds is 9. The molecule has 4 rings (SSSR count). The number of aliphatic hydroxyl groups excluding tert-OH is 1. The van der Waals surface area contributed by atoms with Gasteiger partial charge in [0.25, 0.3) is 5.91 Å². The quantitative estimate of drug-likeness (QED) is 0.195. The molecule has 8 heteroatoms. The van der Waals surface area contributed by atoms with Crippen LogP contribution in [0.4, 0.5) is 15.5 Å². The Morgan fingerprint density at radius 3 is 2.54 bits per heavy atom. The molecule has 0 bridgehead atoms. The number of carbonyl (C=O) groups is 2. The molecular formula is C29H41FN2O4Si. The van der Waals surface area contributed by atoms with Crippen molar-refractivity contribution < 1.29 is 23.5 Å². The molecule has 1 aromatic carbocycles. The highest BCUT2D eigenvalue weighted by molar-refractivity contribution is 6.72. The van der Waals surface area contributed by atoms with Gasteiger partial charge in [0.15, 0.2) is 5.60 Å². The normalized spacial score (nSPS) is 27.7. The Kier molecular flexibility index (Phi) is 7.84. The van der Waals surface area contributed by atoms with Gasteiger partial charge in [-0.3, -0.25) is 9.59 Å². The molecule has 4 atom stereocenters. The molecule has 202 valence electrons. The Morgan fingerprint density at radius 2 is 1.97 bits per heavy atom. The summed E-state index contributed by atoms with van der Waals surface area (Å²) in [6.07, 6.45) is 6.41. The van der Waals surface area contributed by atoms with Gasteiger partial charge in [0.05, 0.1) is 11.8 Å². The number of carbonyl (C=O) groups excluding carboxylic acids is 2. The van der Waals surface area contributed by atoms with E-state index in [0.29, 0.717) is 25.1 Å². The lowest BCUT2D eigenvalue weighted by Crippen LogP contribution is -2.45. The van der Waals surface area contributed by atoms with Crippen molar-refractivity contribution in [1.29, 1.82) is 0 Å². The van der Waals surface area contributed by atoms with E-state index < -0.39 is 31.6 Å². The number of hydrogen-bond donors (Lipinski definition) is 1. The minimum Gasteiger partial charge on any atom is -0.396 e. The maximum atomic E-state index is 15.7. The van der Waals surface area contributed by atoms with E-state index in [4.69, 9.17) is 4.74 Å². The fourth-order valence-corrected chi connectivity index (χ4v) is 8.85. The number of halogens is 1. The van der Waals surface area contributed by atoms with E-state index in [0.717, 1.165) is 24.2 Å². The van der Waals surface area contributed by atoms with Gasteiger partial charge in [0.1, 0.15) is 0 Å². The standard InChI is InChI=1S/C29H41FN2O4Si/c1-19(2)8-7-9-20(3)12-15-32-24-11-10-22(31-16-13-26(31)34)18-23(24)29(28(32)35)21(4)27(37(5,6)30)25(36-29)14-17-33/h8,10-12,18,21,25,27,33H,7,9,13-17H2,1-6H3/b20-12+/t21-,25+,27-,29+/m1/s1. The van der Waals surface area contributed by atoms with Crippen molar-refractivity contribution in [1.82, 2.24) is 0 Å². The summed E-state index contributed by atoms with van der Waals surface area (Å²) >= 11 is 0. The molecule has 0 radical (unpaired) electrons. The summed E-state index contributed by atoms with van der Waals surface area (Å²) in [4.78, 5) is 29.9. The van der Waals surface area contributed by atoms with Crippen LogP contribution in [0.1, 0.15) is 58.9 Å². The fraction of sp³-hybridized carbons (Fsp3) is 0.586. The van der Waals surface area contributed by atoms with Crippen molar-refractivity contribution in [3.05, 3.63) is 47.1 Å². The fourth-order valence-electron chi connectivity index (χ4n) is 6.31. The Labute approximate surface area is 221 Å². The number of ether oxygens (including phenoxy) is 1. The summed E-state index contributed by atoms with van der Waals surface area (Å²) in [5, 5.41) is 9.74. The van der Waals surface area contributed by atoms with Crippen LogP contribution in [0.5, 0.6) is 0 Å². The number of anilines is 2. The van der Waals surface area contributed by atoms with Crippen LogP contribution < -0.4 is 9.80 Å². The van der Waals surface area contributed by atoms with E-state index in [1.165, 1.54) is 11.1 Å². The Morgan fingerprint density at radius 1 is 1.24 bits per heavy atom. The first kappa shape index (κ1) is 27.7. The van der Waals surface area contributed by atoms with Gasteiger partial charge < -0.3 is 23.8 Å². The zero-order valence-electron chi connectivity index (χ0n) is 23.0. The maximum Gasteiger partial charge on any atom is 0.264 e. The van der Waals surface area contributed by atoms with Gasteiger partial charge in [-0.1, -0.05) is 30.2 Å². The Bertz CT molecular complexity index is 1120. The van der Waals surface area contributed by atoms with Crippen LogP contribution >= 0.6 is 0 Å².